The van der Waals surface area contributed by atoms with E-state index in [0.717, 1.165) is 38.6 Å². The minimum absolute atomic E-state index is 0.0642. The van der Waals surface area contributed by atoms with Gasteiger partial charge < -0.3 is 10.0 Å². The highest BCUT2D eigenvalue weighted by atomic mass is 16.3. The molecule has 16 heavy (non-hydrogen) atoms. The summed E-state index contributed by atoms with van der Waals surface area (Å²) >= 11 is 0. The molecule has 1 amide bonds. The van der Waals surface area contributed by atoms with Crippen molar-refractivity contribution in [3.8, 4) is 0 Å². The van der Waals surface area contributed by atoms with Gasteiger partial charge in [0.2, 0.25) is 5.91 Å². The van der Waals surface area contributed by atoms with Crippen molar-refractivity contribution < 1.29 is 9.90 Å². The first-order chi connectivity index (χ1) is 7.70. The SMILES string of the molecule is CCCC(C)C(=O)N1CCCCCC1CO. The van der Waals surface area contributed by atoms with Crippen LogP contribution in [0.4, 0.5) is 0 Å². The Morgan fingerprint density at radius 1 is 1.44 bits per heavy atom. The molecule has 0 aromatic heterocycles. The minimum Gasteiger partial charge on any atom is -0.394 e. The maximum Gasteiger partial charge on any atom is 0.225 e. The molecule has 1 saturated heterocycles. The predicted molar refractivity (Wildman–Crippen MR) is 65.1 cm³/mol. The number of aliphatic hydroxyl groups is 1. The highest BCUT2D eigenvalue weighted by Crippen LogP contribution is 2.20. The highest BCUT2D eigenvalue weighted by molar-refractivity contribution is 5.78. The van der Waals surface area contributed by atoms with Gasteiger partial charge in [-0.1, -0.05) is 33.1 Å². The molecule has 1 rings (SSSR count). The molecule has 0 aromatic carbocycles. The van der Waals surface area contributed by atoms with Crippen LogP contribution in [-0.2, 0) is 4.79 Å². The lowest BCUT2D eigenvalue weighted by atomic mass is 10.0. The third kappa shape index (κ3) is 3.48. The number of hydrogen-bond acceptors (Lipinski definition) is 2. The smallest absolute Gasteiger partial charge is 0.225 e. The summed E-state index contributed by atoms with van der Waals surface area (Å²) in [5.74, 6) is 0.347. The van der Waals surface area contributed by atoms with Crippen molar-refractivity contribution in [2.24, 2.45) is 5.92 Å². The second kappa shape index (κ2) is 6.89. The summed E-state index contributed by atoms with van der Waals surface area (Å²) < 4.78 is 0. The maximum absolute atomic E-state index is 12.2. The van der Waals surface area contributed by atoms with Gasteiger partial charge in [0.15, 0.2) is 0 Å². The van der Waals surface area contributed by atoms with E-state index in [1.165, 1.54) is 6.42 Å². The van der Waals surface area contributed by atoms with E-state index in [4.69, 9.17) is 0 Å². The van der Waals surface area contributed by atoms with Crippen molar-refractivity contribution in [3.05, 3.63) is 0 Å². The Morgan fingerprint density at radius 2 is 2.19 bits per heavy atom. The van der Waals surface area contributed by atoms with E-state index in [-0.39, 0.29) is 24.5 Å². The van der Waals surface area contributed by atoms with Crippen LogP contribution in [0.2, 0.25) is 0 Å². The van der Waals surface area contributed by atoms with E-state index in [9.17, 15) is 9.90 Å². The van der Waals surface area contributed by atoms with Crippen LogP contribution in [-0.4, -0.2) is 35.1 Å². The van der Waals surface area contributed by atoms with Gasteiger partial charge in [-0.2, -0.15) is 0 Å². The van der Waals surface area contributed by atoms with Crippen molar-refractivity contribution in [2.75, 3.05) is 13.2 Å². The summed E-state index contributed by atoms with van der Waals surface area (Å²) in [4.78, 5) is 14.1. The molecule has 0 spiro atoms. The Kier molecular flexibility index (Phi) is 5.81. The molecule has 1 heterocycles. The molecule has 2 atom stereocenters. The van der Waals surface area contributed by atoms with Crippen LogP contribution < -0.4 is 0 Å². The summed E-state index contributed by atoms with van der Waals surface area (Å²) in [6.07, 6.45) is 6.36. The Bertz CT molecular complexity index is 218. The second-order valence-corrected chi connectivity index (χ2v) is 4.91. The van der Waals surface area contributed by atoms with Gasteiger partial charge in [-0.15, -0.1) is 0 Å². The van der Waals surface area contributed by atoms with Crippen molar-refractivity contribution in [1.82, 2.24) is 4.90 Å². The van der Waals surface area contributed by atoms with Crippen LogP contribution in [0.3, 0.4) is 0 Å². The molecular weight excluding hydrogens is 202 g/mol. The van der Waals surface area contributed by atoms with Gasteiger partial charge in [0.05, 0.1) is 12.6 Å². The molecule has 1 aliphatic heterocycles. The highest BCUT2D eigenvalue weighted by Gasteiger charge is 2.27. The first-order valence-electron chi connectivity index (χ1n) is 6.62. The van der Waals surface area contributed by atoms with E-state index in [2.05, 4.69) is 6.92 Å². The number of carbonyl (C=O) groups excluding carboxylic acids is 1. The van der Waals surface area contributed by atoms with Crippen molar-refractivity contribution >= 4 is 5.91 Å². The predicted octanol–water partition coefficient (Wildman–Crippen LogP) is 2.19. The number of likely N-dealkylation sites (tertiary alicyclic amines) is 1. The van der Waals surface area contributed by atoms with Crippen LogP contribution in [0.5, 0.6) is 0 Å². The lowest BCUT2D eigenvalue weighted by molar-refractivity contribution is -0.138. The summed E-state index contributed by atoms with van der Waals surface area (Å²) in [6.45, 7) is 5.06. The Hall–Kier alpha value is -0.570. The van der Waals surface area contributed by atoms with E-state index in [1.54, 1.807) is 0 Å². The molecule has 0 radical (unpaired) electrons. The number of carbonyl (C=O) groups is 1. The average molecular weight is 227 g/mol. The van der Waals surface area contributed by atoms with E-state index in [1.807, 2.05) is 11.8 Å². The number of rotatable bonds is 4. The monoisotopic (exact) mass is 227 g/mol. The molecule has 1 aliphatic rings. The molecule has 0 bridgehead atoms. The first-order valence-corrected chi connectivity index (χ1v) is 6.62. The normalized spacial score (nSPS) is 23.9. The number of aliphatic hydroxyl groups excluding tert-OH is 1. The molecule has 3 nitrogen and oxygen atoms in total. The molecule has 94 valence electrons. The molecule has 0 aliphatic carbocycles. The van der Waals surface area contributed by atoms with Crippen molar-refractivity contribution in [2.45, 2.75) is 58.4 Å². The van der Waals surface area contributed by atoms with Crippen LogP contribution in [0.25, 0.3) is 0 Å². The molecule has 3 heteroatoms. The van der Waals surface area contributed by atoms with Gasteiger partial charge in [0.1, 0.15) is 0 Å². The van der Waals surface area contributed by atoms with Gasteiger partial charge in [-0.25, -0.2) is 0 Å². The topological polar surface area (TPSA) is 40.5 Å². The first kappa shape index (κ1) is 13.5. The number of hydrogen-bond donors (Lipinski definition) is 1. The van der Waals surface area contributed by atoms with E-state index >= 15 is 0 Å². The zero-order valence-electron chi connectivity index (χ0n) is 10.6. The lowest BCUT2D eigenvalue weighted by Crippen LogP contribution is -2.44. The zero-order valence-corrected chi connectivity index (χ0v) is 10.6. The fourth-order valence-corrected chi connectivity index (χ4v) is 2.50. The summed E-state index contributed by atoms with van der Waals surface area (Å²) in [5.41, 5.74) is 0. The Labute approximate surface area is 98.8 Å². The zero-order chi connectivity index (χ0) is 12.0. The fraction of sp³-hybridized carbons (Fsp3) is 0.923. The standard InChI is InChI=1S/C13H25NO2/c1-3-7-11(2)13(16)14-9-6-4-5-8-12(14)10-15/h11-12,15H,3-10H2,1-2H3. The number of nitrogens with zero attached hydrogens (tertiary/aromatic N) is 1. The van der Waals surface area contributed by atoms with Crippen molar-refractivity contribution in [1.29, 1.82) is 0 Å². The summed E-state index contributed by atoms with van der Waals surface area (Å²) in [7, 11) is 0. The largest absolute Gasteiger partial charge is 0.394 e. The van der Waals surface area contributed by atoms with Crippen molar-refractivity contribution in [3.63, 3.8) is 0 Å². The fourth-order valence-electron chi connectivity index (χ4n) is 2.50. The van der Waals surface area contributed by atoms with Gasteiger partial charge in [-0.05, 0) is 19.3 Å². The lowest BCUT2D eigenvalue weighted by Gasteiger charge is -2.31. The van der Waals surface area contributed by atoms with E-state index < -0.39 is 0 Å². The van der Waals surface area contributed by atoms with Gasteiger partial charge in [0.25, 0.3) is 0 Å². The third-order valence-corrected chi connectivity index (χ3v) is 3.51. The third-order valence-electron chi connectivity index (χ3n) is 3.51. The maximum atomic E-state index is 12.2. The summed E-state index contributed by atoms with van der Waals surface area (Å²) in [6, 6.07) is 0.0642. The molecule has 1 N–H and O–H groups in total. The van der Waals surface area contributed by atoms with Crippen LogP contribution in [0.1, 0.15) is 52.4 Å². The van der Waals surface area contributed by atoms with Gasteiger partial charge in [-0.3, -0.25) is 4.79 Å². The number of amides is 1. The minimum atomic E-state index is 0.0642. The Balaban J connectivity index is 2.62. The molecule has 1 fully saturated rings. The average Bonchev–Trinajstić information content (AvgIpc) is 2.53. The Morgan fingerprint density at radius 3 is 2.81 bits per heavy atom. The summed E-state index contributed by atoms with van der Waals surface area (Å²) in [5, 5.41) is 9.35. The van der Waals surface area contributed by atoms with E-state index in [0.29, 0.717) is 0 Å². The van der Waals surface area contributed by atoms with Crippen LogP contribution >= 0.6 is 0 Å². The quantitative estimate of drug-likeness (QED) is 0.799. The molecule has 2 unspecified atom stereocenters. The molecule has 0 saturated carbocycles. The molecular formula is C13H25NO2. The second-order valence-electron chi connectivity index (χ2n) is 4.91. The van der Waals surface area contributed by atoms with Gasteiger partial charge >= 0.3 is 0 Å². The molecule has 0 aromatic rings. The van der Waals surface area contributed by atoms with Gasteiger partial charge in [0, 0.05) is 12.5 Å². The van der Waals surface area contributed by atoms with Crippen LogP contribution in [0, 0.1) is 5.92 Å². The van der Waals surface area contributed by atoms with Crippen LogP contribution in [0.15, 0.2) is 0 Å².